The SMILES string of the molecule is Cc1cc(C)n(CC2CCCN2C(=O)CN2CSCC2=O)n1. The largest absolute Gasteiger partial charge is 0.336 e. The van der Waals surface area contributed by atoms with Crippen molar-refractivity contribution in [1.82, 2.24) is 19.6 Å². The summed E-state index contributed by atoms with van der Waals surface area (Å²) in [5, 5.41) is 4.49. The normalized spacial score (nSPS) is 21.9. The van der Waals surface area contributed by atoms with Crippen molar-refractivity contribution in [3.05, 3.63) is 17.5 Å². The highest BCUT2D eigenvalue weighted by Crippen LogP contribution is 2.21. The first-order valence-electron chi connectivity index (χ1n) is 7.70. The summed E-state index contributed by atoms with van der Waals surface area (Å²) in [7, 11) is 0. The van der Waals surface area contributed by atoms with Crippen LogP contribution in [0.25, 0.3) is 0 Å². The molecule has 22 heavy (non-hydrogen) atoms. The summed E-state index contributed by atoms with van der Waals surface area (Å²) in [6.45, 7) is 5.78. The Kier molecular flexibility index (Phi) is 4.42. The van der Waals surface area contributed by atoms with Crippen molar-refractivity contribution in [2.75, 3.05) is 24.7 Å². The van der Waals surface area contributed by atoms with Crippen molar-refractivity contribution < 1.29 is 9.59 Å². The Balaban J connectivity index is 1.63. The van der Waals surface area contributed by atoms with Gasteiger partial charge in [-0.15, -0.1) is 11.8 Å². The van der Waals surface area contributed by atoms with Crippen LogP contribution in [0, 0.1) is 13.8 Å². The lowest BCUT2D eigenvalue weighted by molar-refractivity contribution is -0.138. The summed E-state index contributed by atoms with van der Waals surface area (Å²) in [6.07, 6.45) is 2.03. The van der Waals surface area contributed by atoms with Crippen LogP contribution in [0.1, 0.15) is 24.2 Å². The summed E-state index contributed by atoms with van der Waals surface area (Å²) >= 11 is 1.57. The molecule has 0 N–H and O–H groups in total. The third kappa shape index (κ3) is 3.14. The molecule has 2 fully saturated rings. The van der Waals surface area contributed by atoms with E-state index in [9.17, 15) is 9.59 Å². The van der Waals surface area contributed by atoms with Gasteiger partial charge in [-0.2, -0.15) is 5.10 Å². The van der Waals surface area contributed by atoms with Crippen molar-refractivity contribution in [1.29, 1.82) is 0 Å². The number of aryl methyl sites for hydroxylation is 2. The second-order valence-corrected chi connectivity index (χ2v) is 7.02. The molecule has 0 saturated carbocycles. The van der Waals surface area contributed by atoms with Gasteiger partial charge in [0.2, 0.25) is 11.8 Å². The molecule has 2 aliphatic rings. The van der Waals surface area contributed by atoms with E-state index in [1.54, 1.807) is 16.7 Å². The second-order valence-electron chi connectivity index (χ2n) is 6.06. The fourth-order valence-electron chi connectivity index (χ4n) is 3.21. The Morgan fingerprint density at radius 2 is 2.27 bits per heavy atom. The van der Waals surface area contributed by atoms with Crippen LogP contribution in [0.4, 0.5) is 0 Å². The third-order valence-electron chi connectivity index (χ3n) is 4.34. The van der Waals surface area contributed by atoms with Gasteiger partial charge in [0.15, 0.2) is 0 Å². The lowest BCUT2D eigenvalue weighted by atomic mass is 10.2. The van der Waals surface area contributed by atoms with Crippen molar-refractivity contribution in [3.63, 3.8) is 0 Å². The number of rotatable bonds is 4. The van der Waals surface area contributed by atoms with E-state index < -0.39 is 0 Å². The minimum Gasteiger partial charge on any atom is -0.336 e. The van der Waals surface area contributed by atoms with Gasteiger partial charge in [0.05, 0.1) is 29.9 Å². The van der Waals surface area contributed by atoms with E-state index in [0.717, 1.165) is 37.3 Å². The number of aromatic nitrogens is 2. The maximum Gasteiger partial charge on any atom is 0.242 e. The predicted octanol–water partition coefficient (Wildman–Crippen LogP) is 1.02. The molecule has 0 spiro atoms. The van der Waals surface area contributed by atoms with Crippen molar-refractivity contribution in [3.8, 4) is 0 Å². The number of carbonyl (C=O) groups is 2. The standard InChI is InChI=1S/C15H22N4O2S/c1-11-6-12(2)19(16-11)7-13-4-3-5-18(13)14(20)8-17-10-22-9-15(17)21/h6,13H,3-5,7-10H2,1-2H3. The van der Waals surface area contributed by atoms with Gasteiger partial charge in [0, 0.05) is 12.2 Å². The van der Waals surface area contributed by atoms with Crippen LogP contribution >= 0.6 is 11.8 Å². The Morgan fingerprint density at radius 1 is 1.45 bits per heavy atom. The molecule has 2 aliphatic heterocycles. The lowest BCUT2D eigenvalue weighted by Crippen LogP contribution is -2.44. The van der Waals surface area contributed by atoms with Gasteiger partial charge < -0.3 is 9.80 Å². The highest BCUT2D eigenvalue weighted by Gasteiger charge is 2.32. The monoisotopic (exact) mass is 322 g/mol. The first-order chi connectivity index (χ1) is 10.5. The van der Waals surface area contributed by atoms with E-state index in [-0.39, 0.29) is 24.4 Å². The van der Waals surface area contributed by atoms with Gasteiger partial charge in [0.1, 0.15) is 6.54 Å². The summed E-state index contributed by atoms with van der Waals surface area (Å²) in [6, 6.07) is 2.25. The number of carbonyl (C=O) groups excluding carboxylic acids is 2. The topological polar surface area (TPSA) is 58.4 Å². The Hall–Kier alpha value is -1.50. The molecule has 1 aromatic rings. The molecule has 3 rings (SSSR count). The number of hydrogen-bond donors (Lipinski definition) is 0. The van der Waals surface area contributed by atoms with Crippen molar-refractivity contribution >= 4 is 23.6 Å². The molecular weight excluding hydrogens is 300 g/mol. The van der Waals surface area contributed by atoms with E-state index in [0.29, 0.717) is 11.6 Å². The highest BCUT2D eigenvalue weighted by atomic mass is 32.2. The molecule has 0 aromatic carbocycles. The van der Waals surface area contributed by atoms with Crippen molar-refractivity contribution in [2.24, 2.45) is 0 Å². The highest BCUT2D eigenvalue weighted by molar-refractivity contribution is 8.00. The van der Waals surface area contributed by atoms with Crippen LogP contribution in [0.2, 0.25) is 0 Å². The number of amides is 2. The minimum atomic E-state index is 0.0693. The van der Waals surface area contributed by atoms with E-state index >= 15 is 0 Å². The molecule has 7 heteroatoms. The summed E-state index contributed by atoms with van der Waals surface area (Å²) in [5.41, 5.74) is 2.14. The van der Waals surface area contributed by atoms with Crippen LogP contribution in [0.15, 0.2) is 6.07 Å². The predicted molar refractivity (Wildman–Crippen MR) is 85.5 cm³/mol. The van der Waals surface area contributed by atoms with Gasteiger partial charge in [-0.3, -0.25) is 14.3 Å². The molecule has 3 heterocycles. The van der Waals surface area contributed by atoms with Crippen LogP contribution in [0.3, 0.4) is 0 Å². The summed E-state index contributed by atoms with van der Waals surface area (Å²) < 4.78 is 1.99. The van der Waals surface area contributed by atoms with E-state index in [4.69, 9.17) is 0 Å². The molecule has 1 unspecified atom stereocenters. The molecule has 0 bridgehead atoms. The first-order valence-corrected chi connectivity index (χ1v) is 8.86. The third-order valence-corrected chi connectivity index (χ3v) is 5.28. The zero-order chi connectivity index (χ0) is 15.7. The van der Waals surface area contributed by atoms with Gasteiger partial charge >= 0.3 is 0 Å². The van der Waals surface area contributed by atoms with Crippen LogP contribution in [-0.2, 0) is 16.1 Å². The zero-order valence-electron chi connectivity index (χ0n) is 13.1. The molecule has 0 radical (unpaired) electrons. The quantitative estimate of drug-likeness (QED) is 0.830. The number of thioether (sulfide) groups is 1. The van der Waals surface area contributed by atoms with Gasteiger partial charge in [0.25, 0.3) is 0 Å². The van der Waals surface area contributed by atoms with Gasteiger partial charge in [-0.05, 0) is 32.8 Å². The Bertz CT molecular complexity index is 586. The fourth-order valence-corrected chi connectivity index (χ4v) is 4.11. The van der Waals surface area contributed by atoms with E-state index in [2.05, 4.69) is 11.2 Å². The molecule has 2 amide bonds. The van der Waals surface area contributed by atoms with Gasteiger partial charge in [-0.1, -0.05) is 0 Å². The molecular formula is C15H22N4O2S. The minimum absolute atomic E-state index is 0.0693. The first kappa shape index (κ1) is 15.4. The summed E-state index contributed by atoms with van der Waals surface area (Å²) in [5.74, 6) is 1.29. The van der Waals surface area contributed by atoms with E-state index in [1.807, 2.05) is 23.4 Å². The fraction of sp³-hybridized carbons (Fsp3) is 0.667. The van der Waals surface area contributed by atoms with E-state index in [1.165, 1.54) is 0 Å². The maximum absolute atomic E-state index is 12.5. The number of likely N-dealkylation sites (tertiary alicyclic amines) is 1. The zero-order valence-corrected chi connectivity index (χ0v) is 13.9. The molecule has 2 saturated heterocycles. The smallest absolute Gasteiger partial charge is 0.242 e. The number of hydrogen-bond acceptors (Lipinski definition) is 4. The molecule has 1 atom stereocenters. The Morgan fingerprint density at radius 3 is 2.91 bits per heavy atom. The molecule has 120 valence electrons. The second kappa shape index (κ2) is 6.32. The van der Waals surface area contributed by atoms with Crippen molar-refractivity contribution in [2.45, 2.75) is 39.3 Å². The summed E-state index contributed by atoms with van der Waals surface area (Å²) in [4.78, 5) is 27.8. The van der Waals surface area contributed by atoms with Crippen LogP contribution < -0.4 is 0 Å². The average molecular weight is 322 g/mol. The molecule has 6 nitrogen and oxygen atoms in total. The average Bonchev–Trinajstić information content (AvgIpc) is 3.14. The molecule has 0 aliphatic carbocycles. The maximum atomic E-state index is 12.5. The molecule has 1 aromatic heterocycles. The lowest BCUT2D eigenvalue weighted by Gasteiger charge is -2.27. The Labute approximate surface area is 134 Å². The van der Waals surface area contributed by atoms with Crippen LogP contribution in [-0.4, -0.2) is 62.2 Å². The van der Waals surface area contributed by atoms with Gasteiger partial charge in [-0.25, -0.2) is 0 Å². The number of nitrogens with zero attached hydrogens (tertiary/aromatic N) is 4. The van der Waals surface area contributed by atoms with Crippen LogP contribution in [0.5, 0.6) is 0 Å².